The molecular formula is C15H22ClN3O. The molecule has 1 saturated heterocycles. The maximum absolute atomic E-state index is 12.5. The Morgan fingerprint density at radius 2 is 2.00 bits per heavy atom. The average Bonchev–Trinajstić information content (AvgIpc) is 2.40. The van der Waals surface area contributed by atoms with Crippen LogP contribution < -0.4 is 5.73 Å². The van der Waals surface area contributed by atoms with Crippen LogP contribution in [0.1, 0.15) is 44.0 Å². The van der Waals surface area contributed by atoms with Gasteiger partial charge in [-0.05, 0) is 30.2 Å². The van der Waals surface area contributed by atoms with Crippen LogP contribution in [0.25, 0.3) is 0 Å². The molecule has 0 bridgehead atoms. The lowest BCUT2D eigenvalue weighted by atomic mass is 9.75. The summed E-state index contributed by atoms with van der Waals surface area (Å²) in [6, 6.07) is 1.56. The van der Waals surface area contributed by atoms with Crippen molar-refractivity contribution in [2.75, 3.05) is 18.8 Å². The van der Waals surface area contributed by atoms with Gasteiger partial charge in [-0.2, -0.15) is 0 Å². The van der Waals surface area contributed by atoms with E-state index in [1.54, 1.807) is 6.07 Å². The monoisotopic (exact) mass is 295 g/mol. The fourth-order valence-electron chi connectivity index (χ4n) is 2.74. The largest absolute Gasteiger partial charge is 0.384 e. The molecule has 0 aromatic carbocycles. The maximum Gasteiger partial charge on any atom is 0.255 e. The summed E-state index contributed by atoms with van der Waals surface area (Å²) in [7, 11) is 0. The van der Waals surface area contributed by atoms with Crippen molar-refractivity contribution < 1.29 is 4.79 Å². The van der Waals surface area contributed by atoms with Gasteiger partial charge >= 0.3 is 0 Å². The Bertz CT molecular complexity index is 502. The molecule has 1 aliphatic rings. The number of nitrogens with two attached hydrogens (primary N) is 1. The van der Waals surface area contributed by atoms with Crippen LogP contribution in [-0.2, 0) is 0 Å². The number of nitrogen functional groups attached to an aromatic ring is 1. The lowest BCUT2D eigenvalue weighted by Crippen LogP contribution is -2.41. The minimum Gasteiger partial charge on any atom is -0.384 e. The Kier molecular flexibility index (Phi) is 4.23. The summed E-state index contributed by atoms with van der Waals surface area (Å²) in [5, 5.41) is 0.363. The summed E-state index contributed by atoms with van der Waals surface area (Å²) in [5.41, 5.74) is 6.39. The Balaban J connectivity index is 2.07. The van der Waals surface area contributed by atoms with Crippen LogP contribution in [0.2, 0.25) is 5.02 Å². The predicted molar refractivity (Wildman–Crippen MR) is 81.7 cm³/mol. The van der Waals surface area contributed by atoms with Gasteiger partial charge in [-0.15, -0.1) is 0 Å². The lowest BCUT2D eigenvalue weighted by molar-refractivity contribution is 0.0609. The van der Waals surface area contributed by atoms with Crippen LogP contribution in [0.3, 0.4) is 0 Å². The van der Waals surface area contributed by atoms with E-state index in [4.69, 9.17) is 17.3 Å². The molecule has 1 fully saturated rings. The number of anilines is 1. The van der Waals surface area contributed by atoms with E-state index < -0.39 is 0 Å². The van der Waals surface area contributed by atoms with E-state index in [0.29, 0.717) is 27.7 Å². The number of carbonyl (C=O) groups is 1. The van der Waals surface area contributed by atoms with Crippen molar-refractivity contribution in [1.82, 2.24) is 9.88 Å². The highest BCUT2D eigenvalue weighted by Crippen LogP contribution is 2.34. The summed E-state index contributed by atoms with van der Waals surface area (Å²) in [4.78, 5) is 18.2. The van der Waals surface area contributed by atoms with Gasteiger partial charge in [-0.3, -0.25) is 4.79 Å². The number of pyridine rings is 1. The molecule has 2 heterocycles. The molecule has 1 aromatic rings. The third-order valence-electron chi connectivity index (χ3n) is 4.11. The summed E-state index contributed by atoms with van der Waals surface area (Å²) in [5.74, 6) is 0.934. The van der Waals surface area contributed by atoms with Crippen molar-refractivity contribution in [2.24, 2.45) is 11.3 Å². The van der Waals surface area contributed by atoms with Gasteiger partial charge in [-0.1, -0.05) is 32.4 Å². The standard InChI is InChI=1S/C15H22ClN3O/c1-15(2,3)10-4-6-19(7-5-10)14(20)11-8-13(17)18-9-12(11)16/h8-10H,4-7H2,1-3H3,(H2,17,18). The summed E-state index contributed by atoms with van der Waals surface area (Å²) in [6.45, 7) is 8.33. The fraction of sp³-hybridized carbons (Fsp3) is 0.600. The van der Waals surface area contributed by atoms with Gasteiger partial charge in [0.15, 0.2) is 0 Å². The van der Waals surface area contributed by atoms with E-state index in [2.05, 4.69) is 25.8 Å². The molecule has 1 amide bonds. The minimum absolute atomic E-state index is 0.0449. The first-order valence-corrected chi connectivity index (χ1v) is 7.37. The predicted octanol–water partition coefficient (Wildman–Crippen LogP) is 3.22. The molecule has 1 aromatic heterocycles. The third kappa shape index (κ3) is 3.23. The molecule has 0 radical (unpaired) electrons. The molecule has 1 aliphatic heterocycles. The summed E-state index contributed by atoms with van der Waals surface area (Å²) < 4.78 is 0. The van der Waals surface area contributed by atoms with Crippen LogP contribution >= 0.6 is 11.6 Å². The van der Waals surface area contributed by atoms with Gasteiger partial charge in [-0.25, -0.2) is 4.98 Å². The number of carbonyl (C=O) groups excluding carboxylic acids is 1. The Morgan fingerprint density at radius 1 is 1.40 bits per heavy atom. The molecule has 0 spiro atoms. The van der Waals surface area contributed by atoms with Crippen molar-refractivity contribution in [3.8, 4) is 0 Å². The van der Waals surface area contributed by atoms with Crippen LogP contribution in [0.15, 0.2) is 12.3 Å². The fourth-order valence-corrected chi connectivity index (χ4v) is 2.92. The second kappa shape index (κ2) is 5.60. The molecular weight excluding hydrogens is 274 g/mol. The first kappa shape index (κ1) is 15.1. The van der Waals surface area contributed by atoms with Crippen molar-refractivity contribution in [3.63, 3.8) is 0 Å². The van der Waals surface area contributed by atoms with Crippen molar-refractivity contribution in [2.45, 2.75) is 33.6 Å². The molecule has 5 heteroatoms. The Hall–Kier alpha value is -1.29. The zero-order chi connectivity index (χ0) is 14.9. The van der Waals surface area contributed by atoms with Crippen LogP contribution in [-0.4, -0.2) is 28.9 Å². The van der Waals surface area contributed by atoms with Crippen LogP contribution in [0.5, 0.6) is 0 Å². The molecule has 110 valence electrons. The zero-order valence-corrected chi connectivity index (χ0v) is 13.1. The normalized spacial score (nSPS) is 17.3. The summed E-state index contributed by atoms with van der Waals surface area (Å²) >= 11 is 6.05. The van der Waals surface area contributed by atoms with Gasteiger partial charge in [0.2, 0.25) is 0 Å². The molecule has 2 rings (SSSR count). The topological polar surface area (TPSA) is 59.2 Å². The third-order valence-corrected chi connectivity index (χ3v) is 4.42. The average molecular weight is 296 g/mol. The second-order valence-corrected chi connectivity index (χ2v) is 6.93. The van der Waals surface area contributed by atoms with Gasteiger partial charge in [0.25, 0.3) is 5.91 Å². The van der Waals surface area contributed by atoms with Gasteiger partial charge in [0.1, 0.15) is 5.82 Å². The first-order chi connectivity index (χ1) is 9.29. The lowest BCUT2D eigenvalue weighted by Gasteiger charge is -2.38. The summed E-state index contributed by atoms with van der Waals surface area (Å²) in [6.07, 6.45) is 3.51. The number of hydrogen-bond donors (Lipinski definition) is 1. The number of piperidine rings is 1. The number of halogens is 1. The van der Waals surface area contributed by atoms with E-state index in [-0.39, 0.29) is 5.91 Å². The highest BCUT2D eigenvalue weighted by atomic mass is 35.5. The van der Waals surface area contributed by atoms with Gasteiger partial charge < -0.3 is 10.6 Å². The van der Waals surface area contributed by atoms with E-state index in [1.807, 2.05) is 4.90 Å². The van der Waals surface area contributed by atoms with Crippen LogP contribution in [0.4, 0.5) is 5.82 Å². The minimum atomic E-state index is -0.0449. The number of rotatable bonds is 1. The molecule has 0 aliphatic carbocycles. The van der Waals surface area contributed by atoms with E-state index in [1.165, 1.54) is 6.20 Å². The molecule has 0 saturated carbocycles. The van der Waals surface area contributed by atoms with Crippen molar-refractivity contribution in [3.05, 3.63) is 22.8 Å². The first-order valence-electron chi connectivity index (χ1n) is 6.99. The SMILES string of the molecule is CC(C)(C)C1CCN(C(=O)c2cc(N)ncc2Cl)CC1. The second-order valence-electron chi connectivity index (χ2n) is 6.52. The van der Waals surface area contributed by atoms with Crippen molar-refractivity contribution in [1.29, 1.82) is 0 Å². The number of amides is 1. The smallest absolute Gasteiger partial charge is 0.255 e. The quantitative estimate of drug-likeness (QED) is 0.865. The van der Waals surface area contributed by atoms with E-state index in [9.17, 15) is 4.79 Å². The number of hydrogen-bond acceptors (Lipinski definition) is 3. The number of nitrogens with zero attached hydrogens (tertiary/aromatic N) is 2. The number of aromatic nitrogens is 1. The molecule has 0 atom stereocenters. The highest BCUT2D eigenvalue weighted by molar-refractivity contribution is 6.33. The number of likely N-dealkylation sites (tertiary alicyclic amines) is 1. The molecule has 0 unspecified atom stereocenters. The van der Waals surface area contributed by atoms with E-state index in [0.717, 1.165) is 25.9 Å². The van der Waals surface area contributed by atoms with Gasteiger partial charge in [0, 0.05) is 19.3 Å². The van der Waals surface area contributed by atoms with E-state index >= 15 is 0 Å². The Morgan fingerprint density at radius 3 is 2.55 bits per heavy atom. The molecule has 4 nitrogen and oxygen atoms in total. The van der Waals surface area contributed by atoms with Crippen molar-refractivity contribution >= 4 is 23.3 Å². The van der Waals surface area contributed by atoms with Gasteiger partial charge in [0.05, 0.1) is 10.6 Å². The highest BCUT2D eigenvalue weighted by Gasteiger charge is 2.31. The maximum atomic E-state index is 12.5. The zero-order valence-electron chi connectivity index (χ0n) is 12.3. The molecule has 20 heavy (non-hydrogen) atoms. The van der Waals surface area contributed by atoms with Crippen LogP contribution in [0, 0.1) is 11.3 Å². The molecule has 2 N–H and O–H groups in total. The Labute approximate surface area is 125 Å².